The lowest BCUT2D eigenvalue weighted by atomic mass is 9.96. The number of halogens is 4. The molecule has 1 saturated carbocycles. The number of hydrogen-bond acceptors (Lipinski definition) is 1. The van der Waals surface area contributed by atoms with Crippen LogP contribution in [0.5, 0.6) is 0 Å². The molecule has 1 aliphatic carbocycles. The summed E-state index contributed by atoms with van der Waals surface area (Å²) in [7, 11) is 0. The predicted octanol–water partition coefficient (Wildman–Crippen LogP) is 3.45. The molecule has 1 amide bonds. The van der Waals surface area contributed by atoms with Gasteiger partial charge in [0.2, 0.25) is 5.91 Å². The highest BCUT2D eigenvalue weighted by molar-refractivity contribution is 9.10. The summed E-state index contributed by atoms with van der Waals surface area (Å²) in [5, 5.41) is 2.64. The number of benzene rings is 1. The van der Waals surface area contributed by atoms with Gasteiger partial charge < -0.3 is 5.32 Å². The van der Waals surface area contributed by atoms with Crippen LogP contribution in [0.25, 0.3) is 0 Å². The second-order valence-corrected chi connectivity index (χ2v) is 5.27. The highest BCUT2D eigenvalue weighted by Crippen LogP contribution is 2.57. The minimum Gasteiger partial charge on any atom is -0.324 e. The molecule has 6 heteroatoms. The van der Waals surface area contributed by atoms with Crippen molar-refractivity contribution in [3.63, 3.8) is 0 Å². The van der Waals surface area contributed by atoms with Crippen LogP contribution in [0.2, 0.25) is 0 Å². The van der Waals surface area contributed by atoms with E-state index < -0.39 is 17.2 Å². The molecule has 1 heterocycles. The molecule has 2 aliphatic rings. The lowest BCUT2D eigenvalue weighted by Gasteiger charge is -2.11. The van der Waals surface area contributed by atoms with Crippen LogP contribution >= 0.6 is 15.9 Å². The highest BCUT2D eigenvalue weighted by Gasteiger charge is 2.57. The lowest BCUT2D eigenvalue weighted by molar-refractivity contribution is -0.137. The summed E-state index contributed by atoms with van der Waals surface area (Å²) in [6.45, 7) is 0. The number of nitrogens with one attached hydrogen (secondary N) is 1. The molecule has 1 aromatic rings. The Kier molecular flexibility index (Phi) is 1.98. The average molecular weight is 306 g/mol. The minimum atomic E-state index is -4.39. The van der Waals surface area contributed by atoms with Crippen LogP contribution in [0, 0.1) is 0 Å². The van der Waals surface area contributed by atoms with E-state index in [1.54, 1.807) is 0 Å². The summed E-state index contributed by atoms with van der Waals surface area (Å²) in [4.78, 5) is 11.7. The van der Waals surface area contributed by atoms with Gasteiger partial charge in [0.25, 0.3) is 0 Å². The molecule has 1 aliphatic heterocycles. The van der Waals surface area contributed by atoms with Crippen molar-refractivity contribution in [3.8, 4) is 0 Å². The molecule has 1 fully saturated rings. The molecule has 90 valence electrons. The van der Waals surface area contributed by atoms with Gasteiger partial charge in [-0.3, -0.25) is 4.79 Å². The minimum absolute atomic E-state index is 0.187. The lowest BCUT2D eigenvalue weighted by Crippen LogP contribution is -2.18. The van der Waals surface area contributed by atoms with E-state index in [-0.39, 0.29) is 5.91 Å². The molecule has 0 unspecified atom stereocenters. The number of anilines is 1. The summed E-state index contributed by atoms with van der Waals surface area (Å²) in [5.41, 5.74) is -0.449. The van der Waals surface area contributed by atoms with E-state index >= 15 is 0 Å². The molecule has 2 nitrogen and oxygen atoms in total. The molecule has 0 atom stereocenters. The Morgan fingerprint density at radius 3 is 2.47 bits per heavy atom. The van der Waals surface area contributed by atoms with E-state index in [4.69, 9.17) is 0 Å². The zero-order valence-corrected chi connectivity index (χ0v) is 10.1. The van der Waals surface area contributed by atoms with Crippen LogP contribution in [0.3, 0.4) is 0 Å². The van der Waals surface area contributed by atoms with Crippen LogP contribution in [0.1, 0.15) is 24.0 Å². The van der Waals surface area contributed by atoms with E-state index in [2.05, 4.69) is 21.2 Å². The smallest absolute Gasteiger partial charge is 0.324 e. The Morgan fingerprint density at radius 2 is 1.94 bits per heavy atom. The van der Waals surface area contributed by atoms with Gasteiger partial charge in [-0.15, -0.1) is 0 Å². The zero-order valence-electron chi connectivity index (χ0n) is 8.49. The first kappa shape index (κ1) is 11.1. The van der Waals surface area contributed by atoms with Crippen molar-refractivity contribution in [2.75, 3.05) is 5.32 Å². The molecule has 0 saturated heterocycles. The number of carbonyl (C=O) groups excluding carboxylic acids is 1. The zero-order chi connectivity index (χ0) is 12.4. The van der Waals surface area contributed by atoms with Gasteiger partial charge >= 0.3 is 6.18 Å². The standard InChI is InChI=1S/C11H7BrF3NO/c12-7-4-5(11(13,14)15)3-6-8(7)16-9(17)10(6)1-2-10/h3-4H,1-2H2,(H,16,17). The number of amides is 1. The normalized spacial score (nSPS) is 20.4. The van der Waals surface area contributed by atoms with Gasteiger partial charge in [0.1, 0.15) is 0 Å². The third-order valence-corrected chi connectivity index (χ3v) is 3.98. The molecule has 0 radical (unpaired) electrons. The Balaban J connectivity index is 2.21. The maximum absolute atomic E-state index is 12.7. The van der Waals surface area contributed by atoms with E-state index in [9.17, 15) is 18.0 Å². The summed E-state index contributed by atoms with van der Waals surface area (Å²) in [6, 6.07) is 2.09. The van der Waals surface area contributed by atoms with Crippen LogP contribution in [-0.4, -0.2) is 5.91 Å². The van der Waals surface area contributed by atoms with Crippen LogP contribution < -0.4 is 5.32 Å². The van der Waals surface area contributed by atoms with Crippen molar-refractivity contribution >= 4 is 27.5 Å². The molecule has 1 spiro atoms. The van der Waals surface area contributed by atoms with E-state index in [0.29, 0.717) is 28.6 Å². The predicted molar refractivity (Wildman–Crippen MR) is 58.7 cm³/mol. The van der Waals surface area contributed by atoms with Crippen molar-refractivity contribution in [1.29, 1.82) is 0 Å². The van der Waals surface area contributed by atoms with Gasteiger partial charge in [-0.2, -0.15) is 13.2 Å². The van der Waals surface area contributed by atoms with E-state index in [1.165, 1.54) is 0 Å². The third-order valence-electron chi connectivity index (χ3n) is 3.36. The third kappa shape index (κ3) is 1.43. The van der Waals surface area contributed by atoms with Crippen LogP contribution in [0.4, 0.5) is 18.9 Å². The first-order valence-corrected chi connectivity index (χ1v) is 5.86. The number of alkyl halides is 3. The van der Waals surface area contributed by atoms with Gasteiger partial charge in [0, 0.05) is 4.47 Å². The second-order valence-electron chi connectivity index (χ2n) is 4.41. The molecule has 0 aromatic heterocycles. The molecule has 3 rings (SSSR count). The topological polar surface area (TPSA) is 29.1 Å². The maximum atomic E-state index is 12.7. The number of carbonyl (C=O) groups is 1. The first-order chi connectivity index (χ1) is 7.84. The Bertz CT molecular complexity index is 534. The van der Waals surface area contributed by atoms with Crippen molar-refractivity contribution in [3.05, 3.63) is 27.7 Å². The SMILES string of the molecule is O=C1Nc2c(Br)cc(C(F)(F)F)cc2C12CC2. The van der Waals surface area contributed by atoms with Crippen molar-refractivity contribution < 1.29 is 18.0 Å². The molecule has 0 bridgehead atoms. The van der Waals surface area contributed by atoms with Crippen molar-refractivity contribution in [2.45, 2.75) is 24.4 Å². The monoisotopic (exact) mass is 305 g/mol. The molecular formula is C11H7BrF3NO. The second kappa shape index (κ2) is 3.04. The van der Waals surface area contributed by atoms with Crippen molar-refractivity contribution in [2.24, 2.45) is 0 Å². The maximum Gasteiger partial charge on any atom is 0.416 e. The molecule has 17 heavy (non-hydrogen) atoms. The molecular weight excluding hydrogens is 299 g/mol. The highest BCUT2D eigenvalue weighted by atomic mass is 79.9. The first-order valence-electron chi connectivity index (χ1n) is 5.07. The Morgan fingerprint density at radius 1 is 1.29 bits per heavy atom. The number of fused-ring (bicyclic) bond motifs is 2. The quantitative estimate of drug-likeness (QED) is 0.781. The van der Waals surface area contributed by atoms with Crippen LogP contribution in [0.15, 0.2) is 16.6 Å². The van der Waals surface area contributed by atoms with E-state index in [0.717, 1.165) is 12.1 Å². The largest absolute Gasteiger partial charge is 0.416 e. The van der Waals surface area contributed by atoms with Crippen LogP contribution in [-0.2, 0) is 16.4 Å². The van der Waals surface area contributed by atoms with Gasteiger partial charge in [-0.1, -0.05) is 0 Å². The molecule has 1 N–H and O–H groups in total. The van der Waals surface area contributed by atoms with Gasteiger partial charge in [-0.05, 0) is 46.5 Å². The van der Waals surface area contributed by atoms with Gasteiger partial charge in [0.05, 0.1) is 16.7 Å². The summed E-state index contributed by atoms with van der Waals surface area (Å²) < 4.78 is 38.3. The fourth-order valence-corrected chi connectivity index (χ4v) is 2.81. The van der Waals surface area contributed by atoms with Crippen molar-refractivity contribution in [1.82, 2.24) is 0 Å². The fourth-order valence-electron chi connectivity index (χ4n) is 2.25. The van der Waals surface area contributed by atoms with Gasteiger partial charge in [0.15, 0.2) is 0 Å². The molecule has 1 aromatic carbocycles. The number of rotatable bonds is 0. The van der Waals surface area contributed by atoms with Gasteiger partial charge in [-0.25, -0.2) is 0 Å². The van der Waals surface area contributed by atoms with E-state index in [1.807, 2.05) is 0 Å². The average Bonchev–Trinajstić information content (AvgIpc) is 2.94. The fraction of sp³-hybridized carbons (Fsp3) is 0.364. The Labute approximate surface area is 103 Å². The number of hydrogen-bond donors (Lipinski definition) is 1. The summed E-state index contributed by atoms with van der Waals surface area (Å²) in [6.07, 6.45) is -3.14. The Hall–Kier alpha value is -1.04. The summed E-state index contributed by atoms with van der Waals surface area (Å²) >= 11 is 3.08. The summed E-state index contributed by atoms with van der Waals surface area (Å²) in [5.74, 6) is -0.187.